The minimum absolute atomic E-state index is 0. The Morgan fingerprint density at radius 2 is 1.96 bits per heavy atom. The zero-order chi connectivity index (χ0) is 18.4. The van der Waals surface area contributed by atoms with Gasteiger partial charge in [0.1, 0.15) is 5.75 Å². The van der Waals surface area contributed by atoms with E-state index in [-0.39, 0.29) is 42.1 Å². The lowest BCUT2D eigenvalue weighted by molar-refractivity contribution is -0.126. The summed E-state index contributed by atoms with van der Waals surface area (Å²) in [5.41, 5.74) is 6.57. The van der Waals surface area contributed by atoms with Gasteiger partial charge < -0.3 is 20.7 Å². The van der Waals surface area contributed by atoms with Gasteiger partial charge >= 0.3 is 0 Å². The molecule has 0 bridgehead atoms. The number of hydrogen-bond acceptors (Lipinski definition) is 4. The molecule has 0 spiro atoms. The molecule has 1 aliphatic heterocycles. The first kappa shape index (κ1) is 22.3. The number of carbonyl (C=O) groups excluding carboxylic acids is 2. The molecule has 7 heteroatoms. The first-order valence-corrected chi connectivity index (χ1v) is 9.02. The molecule has 2 amide bonds. The van der Waals surface area contributed by atoms with Gasteiger partial charge in [-0.15, -0.1) is 12.4 Å². The molecule has 0 radical (unpaired) electrons. The van der Waals surface area contributed by atoms with Crippen LogP contribution in [0.2, 0.25) is 0 Å². The van der Waals surface area contributed by atoms with E-state index in [2.05, 4.69) is 5.32 Å². The van der Waals surface area contributed by atoms with Crippen LogP contribution in [-0.2, 0) is 9.59 Å². The fourth-order valence-electron chi connectivity index (χ4n) is 2.98. The molecule has 1 fully saturated rings. The molecule has 1 heterocycles. The zero-order valence-corrected chi connectivity index (χ0v) is 16.6. The van der Waals surface area contributed by atoms with Gasteiger partial charge in [0, 0.05) is 25.0 Å². The number of para-hydroxylation sites is 2. The van der Waals surface area contributed by atoms with Gasteiger partial charge in [0.2, 0.25) is 11.8 Å². The van der Waals surface area contributed by atoms with E-state index in [0.717, 1.165) is 18.5 Å². The SMILES string of the molecule is CCOc1ccccc1N1CC(C(=O)NCC(N)(CC)CC)CC1=O.Cl. The van der Waals surface area contributed by atoms with Crippen molar-refractivity contribution in [3.05, 3.63) is 24.3 Å². The highest BCUT2D eigenvalue weighted by molar-refractivity contribution is 6.01. The fourth-order valence-corrected chi connectivity index (χ4v) is 2.98. The van der Waals surface area contributed by atoms with Gasteiger partial charge in [-0.05, 0) is 31.9 Å². The van der Waals surface area contributed by atoms with Crippen LogP contribution >= 0.6 is 12.4 Å². The van der Waals surface area contributed by atoms with Crippen LogP contribution in [0.1, 0.15) is 40.0 Å². The maximum atomic E-state index is 12.5. The molecule has 1 aliphatic rings. The van der Waals surface area contributed by atoms with Crippen LogP contribution in [0.5, 0.6) is 5.75 Å². The third-order valence-electron chi connectivity index (χ3n) is 4.97. The van der Waals surface area contributed by atoms with Gasteiger partial charge in [0.15, 0.2) is 0 Å². The molecule has 0 aliphatic carbocycles. The van der Waals surface area contributed by atoms with E-state index in [9.17, 15) is 9.59 Å². The molecule has 146 valence electrons. The van der Waals surface area contributed by atoms with Crippen molar-refractivity contribution in [2.45, 2.75) is 45.6 Å². The van der Waals surface area contributed by atoms with E-state index < -0.39 is 0 Å². The third-order valence-corrected chi connectivity index (χ3v) is 4.97. The maximum Gasteiger partial charge on any atom is 0.227 e. The average Bonchev–Trinajstić information content (AvgIpc) is 3.02. The van der Waals surface area contributed by atoms with Crippen molar-refractivity contribution in [3.63, 3.8) is 0 Å². The van der Waals surface area contributed by atoms with Crippen molar-refractivity contribution in [3.8, 4) is 5.75 Å². The van der Waals surface area contributed by atoms with Gasteiger partial charge in [-0.25, -0.2) is 0 Å². The number of nitrogens with two attached hydrogens (primary N) is 1. The summed E-state index contributed by atoms with van der Waals surface area (Å²) < 4.78 is 5.60. The summed E-state index contributed by atoms with van der Waals surface area (Å²) in [6, 6.07) is 7.42. The highest BCUT2D eigenvalue weighted by atomic mass is 35.5. The second-order valence-electron chi connectivity index (χ2n) is 6.59. The number of rotatable bonds is 8. The number of nitrogens with one attached hydrogen (secondary N) is 1. The molecule has 1 unspecified atom stereocenters. The minimum atomic E-state index is -0.389. The lowest BCUT2D eigenvalue weighted by Gasteiger charge is -2.27. The first-order chi connectivity index (χ1) is 11.9. The number of anilines is 1. The predicted molar refractivity (Wildman–Crippen MR) is 106 cm³/mol. The molecule has 1 aromatic rings. The quantitative estimate of drug-likeness (QED) is 0.722. The van der Waals surface area contributed by atoms with Crippen LogP contribution < -0.4 is 20.7 Å². The van der Waals surface area contributed by atoms with Crippen molar-refractivity contribution in [2.75, 3.05) is 24.6 Å². The summed E-state index contributed by atoms with van der Waals surface area (Å²) in [4.78, 5) is 26.5. The number of ether oxygens (including phenoxy) is 1. The molecule has 26 heavy (non-hydrogen) atoms. The van der Waals surface area contributed by atoms with E-state index >= 15 is 0 Å². The van der Waals surface area contributed by atoms with Gasteiger partial charge in [-0.2, -0.15) is 0 Å². The van der Waals surface area contributed by atoms with Crippen LogP contribution in [0.3, 0.4) is 0 Å². The molecule has 1 saturated heterocycles. The Morgan fingerprint density at radius 3 is 2.58 bits per heavy atom. The molecule has 1 atom stereocenters. The second-order valence-corrected chi connectivity index (χ2v) is 6.59. The van der Waals surface area contributed by atoms with Crippen LogP contribution in [0.15, 0.2) is 24.3 Å². The Morgan fingerprint density at radius 1 is 1.31 bits per heavy atom. The van der Waals surface area contributed by atoms with Gasteiger partial charge in [0.05, 0.1) is 18.2 Å². The molecule has 1 aromatic carbocycles. The number of benzene rings is 1. The average molecular weight is 384 g/mol. The summed E-state index contributed by atoms with van der Waals surface area (Å²) >= 11 is 0. The van der Waals surface area contributed by atoms with E-state index in [1.165, 1.54) is 0 Å². The molecule has 0 aromatic heterocycles. The zero-order valence-electron chi connectivity index (χ0n) is 15.8. The number of halogens is 1. The first-order valence-electron chi connectivity index (χ1n) is 9.02. The fraction of sp³-hybridized carbons (Fsp3) is 0.579. The summed E-state index contributed by atoms with van der Waals surface area (Å²) in [6.07, 6.45) is 1.80. The summed E-state index contributed by atoms with van der Waals surface area (Å²) in [5, 5.41) is 2.93. The Hall–Kier alpha value is -1.79. The Kier molecular flexibility index (Phi) is 8.37. The number of amides is 2. The van der Waals surface area contributed by atoms with Gasteiger partial charge in [-0.3, -0.25) is 9.59 Å². The number of carbonyl (C=O) groups is 2. The lowest BCUT2D eigenvalue weighted by atomic mass is 9.94. The van der Waals surface area contributed by atoms with Crippen LogP contribution in [-0.4, -0.2) is 37.0 Å². The van der Waals surface area contributed by atoms with Crippen LogP contribution in [0.25, 0.3) is 0 Å². The summed E-state index contributed by atoms with van der Waals surface area (Å²) in [5.74, 6) is 0.135. The monoisotopic (exact) mass is 383 g/mol. The smallest absolute Gasteiger partial charge is 0.227 e. The van der Waals surface area contributed by atoms with Gasteiger partial charge in [0.25, 0.3) is 0 Å². The van der Waals surface area contributed by atoms with Crippen LogP contribution in [0, 0.1) is 5.92 Å². The number of nitrogens with zero attached hydrogens (tertiary/aromatic N) is 1. The van der Waals surface area contributed by atoms with E-state index in [0.29, 0.717) is 25.4 Å². The van der Waals surface area contributed by atoms with Crippen molar-refractivity contribution >= 4 is 29.9 Å². The maximum absolute atomic E-state index is 12.5. The highest BCUT2D eigenvalue weighted by Gasteiger charge is 2.36. The molecular formula is C19H30ClN3O3. The van der Waals surface area contributed by atoms with E-state index in [1.807, 2.05) is 45.0 Å². The topological polar surface area (TPSA) is 84.7 Å². The number of hydrogen-bond donors (Lipinski definition) is 2. The third kappa shape index (κ3) is 5.11. The standard InChI is InChI=1S/C19H29N3O3.ClH/c1-4-19(20,5-2)13-21-18(24)14-11-17(23)22(12-14)15-9-7-8-10-16(15)25-6-3;/h7-10,14H,4-6,11-13,20H2,1-3H3,(H,21,24);1H. The molecule has 0 saturated carbocycles. The van der Waals surface area contributed by atoms with Gasteiger partial charge in [-0.1, -0.05) is 26.0 Å². The molecule has 6 nitrogen and oxygen atoms in total. The normalized spacial score (nSPS) is 17.0. The summed E-state index contributed by atoms with van der Waals surface area (Å²) in [7, 11) is 0. The van der Waals surface area contributed by atoms with Crippen molar-refractivity contribution < 1.29 is 14.3 Å². The van der Waals surface area contributed by atoms with Crippen molar-refractivity contribution in [1.29, 1.82) is 0 Å². The predicted octanol–water partition coefficient (Wildman–Crippen LogP) is 2.49. The van der Waals surface area contributed by atoms with E-state index in [1.54, 1.807) is 4.90 Å². The Bertz CT molecular complexity index is 620. The van der Waals surface area contributed by atoms with Crippen molar-refractivity contribution in [2.24, 2.45) is 11.7 Å². The lowest BCUT2D eigenvalue weighted by Crippen LogP contribution is -2.50. The molecular weight excluding hydrogens is 354 g/mol. The Labute approximate surface area is 161 Å². The highest BCUT2D eigenvalue weighted by Crippen LogP contribution is 2.33. The van der Waals surface area contributed by atoms with Crippen molar-refractivity contribution in [1.82, 2.24) is 5.32 Å². The van der Waals surface area contributed by atoms with E-state index in [4.69, 9.17) is 10.5 Å². The summed E-state index contributed by atoms with van der Waals surface area (Å²) in [6.45, 7) is 7.25. The largest absolute Gasteiger partial charge is 0.492 e. The molecule has 3 N–H and O–H groups in total. The molecule has 2 rings (SSSR count). The Balaban J connectivity index is 0.00000338. The second kappa shape index (κ2) is 9.78. The minimum Gasteiger partial charge on any atom is -0.492 e. The van der Waals surface area contributed by atoms with Crippen LogP contribution in [0.4, 0.5) is 5.69 Å².